The van der Waals surface area contributed by atoms with Crippen LogP contribution in [0, 0.1) is 5.92 Å². The minimum absolute atomic E-state index is 0.00535. The zero-order valence-electron chi connectivity index (χ0n) is 10.3. The Hall–Kier alpha value is -1.49. The van der Waals surface area contributed by atoms with Gasteiger partial charge in [-0.05, 0) is 12.5 Å². The number of hydrogen-bond acceptors (Lipinski definition) is 4. The molecule has 0 spiro atoms. The molecule has 0 fully saturated rings. The van der Waals surface area contributed by atoms with Crippen LogP contribution in [-0.4, -0.2) is 28.9 Å². The van der Waals surface area contributed by atoms with Crippen molar-refractivity contribution in [1.29, 1.82) is 0 Å². The molecule has 96 valence electrons. The Morgan fingerprint density at radius 2 is 2.35 bits per heavy atom. The average molecular weight is 240 g/mol. The Morgan fingerprint density at radius 1 is 1.65 bits per heavy atom. The third kappa shape index (κ3) is 3.78. The number of aryl methyl sites for hydroxylation is 1. The van der Waals surface area contributed by atoms with Gasteiger partial charge in [-0.15, -0.1) is 0 Å². The molecule has 3 N–H and O–H groups in total. The maximum Gasteiger partial charge on any atom is 0.355 e. The van der Waals surface area contributed by atoms with Crippen molar-refractivity contribution in [2.45, 2.75) is 26.8 Å². The predicted octanol–water partition coefficient (Wildman–Crippen LogP) is 1.27. The minimum Gasteiger partial charge on any atom is -0.461 e. The van der Waals surface area contributed by atoms with Gasteiger partial charge >= 0.3 is 5.97 Å². The number of rotatable bonds is 6. The van der Waals surface area contributed by atoms with Gasteiger partial charge in [0, 0.05) is 25.3 Å². The first-order valence-electron chi connectivity index (χ1n) is 5.82. The van der Waals surface area contributed by atoms with Gasteiger partial charge in [0.2, 0.25) is 0 Å². The van der Waals surface area contributed by atoms with Crippen molar-refractivity contribution in [3.05, 3.63) is 18.0 Å². The Labute approximate surface area is 101 Å². The van der Waals surface area contributed by atoms with Crippen LogP contribution < -0.4 is 5.73 Å². The first kappa shape index (κ1) is 13.6. The zero-order chi connectivity index (χ0) is 12.8. The standard InChI is InChI=1S/C12H20N2O3/c1-3-4-14-6-10(13)5-11(14)12(16)17-8-9(2)7-15/h5-6,9,15H,3-4,7-8,13H2,1-2H3. The van der Waals surface area contributed by atoms with Gasteiger partial charge in [0.05, 0.1) is 12.3 Å². The van der Waals surface area contributed by atoms with E-state index in [9.17, 15) is 4.79 Å². The van der Waals surface area contributed by atoms with Gasteiger partial charge in [0.1, 0.15) is 5.69 Å². The summed E-state index contributed by atoms with van der Waals surface area (Å²) in [4.78, 5) is 11.8. The largest absolute Gasteiger partial charge is 0.461 e. The molecular formula is C12H20N2O3. The average Bonchev–Trinajstić information content (AvgIpc) is 2.67. The SMILES string of the molecule is CCCn1cc(N)cc1C(=O)OCC(C)CO. The lowest BCUT2D eigenvalue weighted by molar-refractivity contribution is 0.0393. The van der Waals surface area contributed by atoms with E-state index in [4.69, 9.17) is 15.6 Å². The summed E-state index contributed by atoms with van der Waals surface area (Å²) >= 11 is 0. The number of anilines is 1. The predicted molar refractivity (Wildman–Crippen MR) is 65.7 cm³/mol. The van der Waals surface area contributed by atoms with Crippen LogP contribution >= 0.6 is 0 Å². The summed E-state index contributed by atoms with van der Waals surface area (Å²) in [6.45, 7) is 4.79. The molecule has 0 bridgehead atoms. The number of nitrogens with two attached hydrogens (primary N) is 1. The molecule has 0 aliphatic rings. The molecule has 0 aliphatic carbocycles. The molecule has 1 aromatic rings. The number of carbonyl (C=O) groups is 1. The van der Waals surface area contributed by atoms with Gasteiger partial charge in [0.15, 0.2) is 0 Å². The van der Waals surface area contributed by atoms with Gasteiger partial charge in [-0.25, -0.2) is 4.79 Å². The Balaban J connectivity index is 2.67. The van der Waals surface area contributed by atoms with Crippen molar-refractivity contribution in [3.63, 3.8) is 0 Å². The number of nitrogens with zero attached hydrogens (tertiary/aromatic N) is 1. The molecule has 1 heterocycles. The quantitative estimate of drug-likeness (QED) is 0.734. The molecule has 5 nitrogen and oxygen atoms in total. The van der Waals surface area contributed by atoms with E-state index in [1.54, 1.807) is 16.8 Å². The third-order valence-corrected chi connectivity index (χ3v) is 2.40. The van der Waals surface area contributed by atoms with Crippen LogP contribution in [-0.2, 0) is 11.3 Å². The van der Waals surface area contributed by atoms with E-state index in [0.29, 0.717) is 11.4 Å². The summed E-state index contributed by atoms with van der Waals surface area (Å²) in [5.41, 5.74) is 6.68. The Bertz CT molecular complexity index is 374. The maximum atomic E-state index is 11.8. The number of carbonyl (C=O) groups excluding carboxylic acids is 1. The fourth-order valence-electron chi connectivity index (χ4n) is 1.47. The highest BCUT2D eigenvalue weighted by molar-refractivity contribution is 5.89. The fraction of sp³-hybridized carbons (Fsp3) is 0.583. The molecule has 1 unspecified atom stereocenters. The lowest BCUT2D eigenvalue weighted by atomic mass is 10.2. The highest BCUT2D eigenvalue weighted by Crippen LogP contribution is 2.13. The van der Waals surface area contributed by atoms with Crippen molar-refractivity contribution in [3.8, 4) is 0 Å². The van der Waals surface area contributed by atoms with Crippen LogP contribution in [0.2, 0.25) is 0 Å². The van der Waals surface area contributed by atoms with E-state index in [-0.39, 0.29) is 19.1 Å². The monoisotopic (exact) mass is 240 g/mol. The van der Waals surface area contributed by atoms with Crippen LogP contribution in [0.3, 0.4) is 0 Å². The van der Waals surface area contributed by atoms with Crippen LogP contribution in [0.4, 0.5) is 5.69 Å². The highest BCUT2D eigenvalue weighted by atomic mass is 16.5. The molecule has 1 rings (SSSR count). The summed E-state index contributed by atoms with van der Waals surface area (Å²) in [6.07, 6.45) is 2.65. The van der Waals surface area contributed by atoms with Crippen LogP contribution in [0.5, 0.6) is 0 Å². The number of esters is 1. The fourth-order valence-corrected chi connectivity index (χ4v) is 1.47. The van der Waals surface area contributed by atoms with E-state index in [1.807, 2.05) is 13.8 Å². The van der Waals surface area contributed by atoms with Crippen LogP contribution in [0.25, 0.3) is 0 Å². The highest BCUT2D eigenvalue weighted by Gasteiger charge is 2.15. The number of hydrogen-bond donors (Lipinski definition) is 2. The molecule has 0 saturated heterocycles. The van der Waals surface area contributed by atoms with E-state index in [0.717, 1.165) is 13.0 Å². The van der Waals surface area contributed by atoms with Crippen molar-refractivity contribution in [2.24, 2.45) is 5.92 Å². The normalized spacial score (nSPS) is 12.4. The summed E-state index contributed by atoms with van der Waals surface area (Å²) in [5.74, 6) is -0.443. The minimum atomic E-state index is -0.393. The molecule has 17 heavy (non-hydrogen) atoms. The van der Waals surface area contributed by atoms with E-state index in [2.05, 4.69) is 0 Å². The molecule has 0 amide bonds. The van der Waals surface area contributed by atoms with Crippen LogP contribution in [0.15, 0.2) is 12.3 Å². The second-order valence-electron chi connectivity index (χ2n) is 4.24. The number of aliphatic hydroxyl groups excluding tert-OH is 1. The van der Waals surface area contributed by atoms with Gasteiger partial charge in [-0.1, -0.05) is 13.8 Å². The van der Waals surface area contributed by atoms with Gasteiger partial charge in [-0.2, -0.15) is 0 Å². The van der Waals surface area contributed by atoms with Crippen molar-refractivity contribution < 1.29 is 14.6 Å². The Kier molecular flexibility index (Phi) is 5.03. The van der Waals surface area contributed by atoms with Crippen LogP contribution in [0.1, 0.15) is 30.8 Å². The molecule has 0 aliphatic heterocycles. The molecule has 0 saturated carbocycles. The molecule has 1 aromatic heterocycles. The zero-order valence-corrected chi connectivity index (χ0v) is 10.3. The topological polar surface area (TPSA) is 77.5 Å². The smallest absolute Gasteiger partial charge is 0.355 e. The molecule has 1 atom stereocenters. The second-order valence-corrected chi connectivity index (χ2v) is 4.24. The number of aliphatic hydroxyl groups is 1. The van der Waals surface area contributed by atoms with Crippen molar-refractivity contribution in [2.75, 3.05) is 18.9 Å². The summed E-state index contributed by atoms with van der Waals surface area (Å²) in [7, 11) is 0. The number of ether oxygens (including phenoxy) is 1. The first-order valence-corrected chi connectivity index (χ1v) is 5.82. The van der Waals surface area contributed by atoms with E-state index in [1.165, 1.54) is 0 Å². The summed E-state index contributed by atoms with van der Waals surface area (Å²) in [6, 6.07) is 1.61. The summed E-state index contributed by atoms with van der Waals surface area (Å²) in [5, 5.41) is 8.84. The maximum absolute atomic E-state index is 11.8. The molecule has 5 heteroatoms. The van der Waals surface area contributed by atoms with Gasteiger partial charge < -0.3 is 20.1 Å². The molecule has 0 radical (unpaired) electrons. The lowest BCUT2D eigenvalue weighted by Gasteiger charge is -2.10. The number of aromatic nitrogens is 1. The molecule has 0 aromatic carbocycles. The van der Waals surface area contributed by atoms with Gasteiger partial charge in [-0.3, -0.25) is 0 Å². The Morgan fingerprint density at radius 3 is 2.94 bits per heavy atom. The summed E-state index contributed by atoms with van der Waals surface area (Å²) < 4.78 is 6.90. The van der Waals surface area contributed by atoms with Crippen molar-refractivity contribution >= 4 is 11.7 Å². The third-order valence-electron chi connectivity index (χ3n) is 2.40. The van der Waals surface area contributed by atoms with Crippen molar-refractivity contribution in [1.82, 2.24) is 4.57 Å². The van der Waals surface area contributed by atoms with Gasteiger partial charge in [0.25, 0.3) is 0 Å². The van der Waals surface area contributed by atoms with E-state index >= 15 is 0 Å². The molecular weight excluding hydrogens is 220 g/mol. The van der Waals surface area contributed by atoms with E-state index < -0.39 is 5.97 Å². The first-order chi connectivity index (χ1) is 8.08. The lowest BCUT2D eigenvalue weighted by Crippen LogP contribution is -2.17. The second kappa shape index (κ2) is 6.30. The number of nitrogen functional groups attached to an aromatic ring is 1.